The van der Waals surface area contributed by atoms with Gasteiger partial charge in [-0.3, -0.25) is 4.99 Å². The van der Waals surface area contributed by atoms with Crippen molar-refractivity contribution >= 4 is 11.6 Å². The number of nitrogens with one attached hydrogen (secondary N) is 2. The van der Waals surface area contributed by atoms with Gasteiger partial charge in [0.15, 0.2) is 5.96 Å². The molecular weight excluding hydrogens is 402 g/mol. The highest BCUT2D eigenvalue weighted by atomic mass is 19.3. The molecule has 168 valence electrons. The Morgan fingerprint density at radius 2 is 2.06 bits per heavy atom. The highest BCUT2D eigenvalue weighted by Gasteiger charge is 2.23. The molecule has 1 unspecified atom stereocenters. The van der Waals surface area contributed by atoms with Crippen LogP contribution in [0.4, 0.5) is 14.5 Å². The molecule has 0 bridgehead atoms. The molecule has 3 rings (SSSR count). The predicted octanol–water partition coefficient (Wildman–Crippen LogP) is 3.80. The molecule has 1 aliphatic heterocycles. The number of hydrogen-bond acceptors (Lipinski definition) is 4. The number of anilines is 1. The molecule has 2 N–H and O–H groups in total. The smallest absolute Gasteiger partial charge is 0.387 e. The fraction of sp³-hybridized carbons (Fsp3) is 0.435. The third-order valence-corrected chi connectivity index (χ3v) is 5.36. The van der Waals surface area contributed by atoms with Crippen LogP contribution in [0.1, 0.15) is 17.5 Å². The molecule has 2 aromatic carbocycles. The second-order valence-electron chi connectivity index (χ2n) is 7.60. The average molecular weight is 433 g/mol. The molecule has 31 heavy (non-hydrogen) atoms. The summed E-state index contributed by atoms with van der Waals surface area (Å²) in [6.45, 7) is 2.11. The Balaban J connectivity index is 1.51. The number of methoxy groups -OCH3 is 1. The first-order valence-electron chi connectivity index (χ1n) is 10.4. The number of nitrogens with zero attached hydrogens (tertiary/aromatic N) is 2. The van der Waals surface area contributed by atoms with E-state index < -0.39 is 6.61 Å². The minimum atomic E-state index is -2.85. The number of hydrogen-bond donors (Lipinski definition) is 2. The van der Waals surface area contributed by atoms with Crippen molar-refractivity contribution in [3.05, 3.63) is 53.6 Å². The maximum atomic E-state index is 12.7. The lowest BCUT2D eigenvalue weighted by Crippen LogP contribution is -2.40. The van der Waals surface area contributed by atoms with Crippen LogP contribution in [0, 0.1) is 12.8 Å². The zero-order chi connectivity index (χ0) is 22.2. The summed E-state index contributed by atoms with van der Waals surface area (Å²) >= 11 is 0. The van der Waals surface area contributed by atoms with Crippen molar-refractivity contribution in [1.82, 2.24) is 10.6 Å². The fourth-order valence-corrected chi connectivity index (χ4v) is 3.74. The van der Waals surface area contributed by atoms with Crippen molar-refractivity contribution in [1.29, 1.82) is 0 Å². The first kappa shape index (κ1) is 22.7. The number of guanidine groups is 1. The van der Waals surface area contributed by atoms with Gasteiger partial charge in [-0.1, -0.05) is 23.8 Å². The molecule has 1 atom stereocenters. The van der Waals surface area contributed by atoms with Gasteiger partial charge in [0.05, 0.1) is 7.11 Å². The lowest BCUT2D eigenvalue weighted by molar-refractivity contribution is -0.0504. The largest absolute Gasteiger partial charge is 0.497 e. The molecule has 0 spiro atoms. The molecule has 8 heteroatoms. The Hall–Kier alpha value is -3.03. The van der Waals surface area contributed by atoms with E-state index in [1.165, 1.54) is 0 Å². The molecule has 0 radical (unpaired) electrons. The van der Waals surface area contributed by atoms with E-state index in [4.69, 9.17) is 4.74 Å². The minimum Gasteiger partial charge on any atom is -0.497 e. The molecule has 1 saturated heterocycles. The molecule has 2 aromatic rings. The van der Waals surface area contributed by atoms with E-state index in [2.05, 4.69) is 37.4 Å². The second-order valence-corrected chi connectivity index (χ2v) is 7.60. The maximum Gasteiger partial charge on any atom is 0.387 e. The molecule has 1 aliphatic rings. The number of halogens is 2. The number of aliphatic imine (C=N–C) groups is 1. The molecular formula is C23H30F2N4O2. The standard InChI is InChI=1S/C23H30F2N4O2/c1-16-7-8-21(31-22(24)25)18(11-16)14-28-23(26-2)27-13-17-9-10-29(15-17)19-5-4-6-20(12-19)30-3/h4-8,11-12,17,22H,9-10,13-15H2,1-3H3,(H2,26,27,28). The van der Waals surface area contributed by atoms with Crippen molar-refractivity contribution in [3.63, 3.8) is 0 Å². The van der Waals surface area contributed by atoms with Crippen LogP contribution in [0.25, 0.3) is 0 Å². The number of aryl methyl sites for hydroxylation is 1. The van der Waals surface area contributed by atoms with E-state index in [1.807, 2.05) is 25.1 Å². The van der Waals surface area contributed by atoms with E-state index in [-0.39, 0.29) is 5.75 Å². The average Bonchev–Trinajstić information content (AvgIpc) is 3.24. The van der Waals surface area contributed by atoms with Gasteiger partial charge in [-0.05, 0) is 37.5 Å². The van der Waals surface area contributed by atoms with E-state index in [0.29, 0.717) is 24.0 Å². The summed E-state index contributed by atoms with van der Waals surface area (Å²) in [5, 5.41) is 6.54. The van der Waals surface area contributed by atoms with Gasteiger partial charge in [-0.2, -0.15) is 8.78 Å². The molecule has 0 aromatic heterocycles. The predicted molar refractivity (Wildman–Crippen MR) is 119 cm³/mol. The van der Waals surface area contributed by atoms with Gasteiger partial charge in [-0.15, -0.1) is 0 Å². The highest BCUT2D eigenvalue weighted by Crippen LogP contribution is 2.26. The first-order chi connectivity index (χ1) is 15.0. The van der Waals surface area contributed by atoms with Crippen molar-refractivity contribution in [2.24, 2.45) is 10.9 Å². The third-order valence-electron chi connectivity index (χ3n) is 5.36. The summed E-state index contributed by atoms with van der Waals surface area (Å²) in [5.74, 6) is 2.13. The van der Waals surface area contributed by atoms with E-state index in [9.17, 15) is 8.78 Å². The third kappa shape index (κ3) is 6.47. The van der Waals surface area contributed by atoms with Gasteiger partial charge in [0.1, 0.15) is 11.5 Å². The molecule has 1 fully saturated rings. The van der Waals surface area contributed by atoms with Crippen LogP contribution in [-0.4, -0.2) is 46.4 Å². The fourth-order valence-electron chi connectivity index (χ4n) is 3.74. The highest BCUT2D eigenvalue weighted by molar-refractivity contribution is 5.79. The summed E-state index contributed by atoms with van der Waals surface area (Å²) in [7, 11) is 3.37. The Morgan fingerprint density at radius 1 is 1.23 bits per heavy atom. The normalized spacial score (nSPS) is 16.5. The van der Waals surface area contributed by atoms with Crippen LogP contribution in [0.3, 0.4) is 0 Å². The second kappa shape index (κ2) is 10.8. The van der Waals surface area contributed by atoms with Crippen molar-refractivity contribution in [3.8, 4) is 11.5 Å². The summed E-state index contributed by atoms with van der Waals surface area (Å²) in [5.41, 5.74) is 2.80. The lowest BCUT2D eigenvalue weighted by Gasteiger charge is -2.20. The van der Waals surface area contributed by atoms with Crippen molar-refractivity contribution in [2.45, 2.75) is 26.5 Å². The van der Waals surface area contributed by atoms with Crippen LogP contribution < -0.4 is 25.0 Å². The van der Waals surface area contributed by atoms with Crippen LogP contribution >= 0.6 is 0 Å². The molecule has 0 amide bonds. The van der Waals surface area contributed by atoms with Gasteiger partial charge in [0.2, 0.25) is 0 Å². The van der Waals surface area contributed by atoms with Gasteiger partial charge in [0, 0.05) is 50.5 Å². The number of ether oxygens (including phenoxy) is 2. The molecule has 0 aliphatic carbocycles. The SMILES string of the molecule is CN=C(NCc1cc(C)ccc1OC(F)F)NCC1CCN(c2cccc(OC)c2)C1. The Bertz CT molecular complexity index is 892. The first-order valence-corrected chi connectivity index (χ1v) is 10.4. The Labute approximate surface area is 182 Å². The van der Waals surface area contributed by atoms with Crippen LogP contribution in [0.2, 0.25) is 0 Å². The zero-order valence-electron chi connectivity index (χ0n) is 18.2. The van der Waals surface area contributed by atoms with Crippen molar-refractivity contribution in [2.75, 3.05) is 38.7 Å². The molecule has 1 heterocycles. The monoisotopic (exact) mass is 432 g/mol. The maximum absolute atomic E-state index is 12.7. The summed E-state index contributed by atoms with van der Waals surface area (Å²) in [4.78, 5) is 6.61. The topological polar surface area (TPSA) is 58.1 Å². The van der Waals surface area contributed by atoms with Gasteiger partial charge >= 0.3 is 6.61 Å². The quantitative estimate of drug-likeness (QED) is 0.491. The van der Waals surface area contributed by atoms with E-state index in [1.54, 1.807) is 26.3 Å². The van der Waals surface area contributed by atoms with Gasteiger partial charge in [-0.25, -0.2) is 0 Å². The van der Waals surface area contributed by atoms with Crippen LogP contribution in [0.5, 0.6) is 11.5 Å². The Morgan fingerprint density at radius 3 is 2.81 bits per heavy atom. The number of benzene rings is 2. The van der Waals surface area contributed by atoms with Gasteiger partial charge in [0.25, 0.3) is 0 Å². The lowest BCUT2D eigenvalue weighted by atomic mass is 10.1. The van der Waals surface area contributed by atoms with E-state index >= 15 is 0 Å². The number of alkyl halides is 2. The Kier molecular flexibility index (Phi) is 7.92. The molecule has 0 saturated carbocycles. The zero-order valence-corrected chi connectivity index (χ0v) is 18.2. The van der Waals surface area contributed by atoms with Gasteiger partial charge < -0.3 is 25.0 Å². The summed E-state index contributed by atoms with van der Waals surface area (Å²) < 4.78 is 35.3. The summed E-state index contributed by atoms with van der Waals surface area (Å²) in [6, 6.07) is 13.3. The minimum absolute atomic E-state index is 0.174. The number of rotatable bonds is 8. The summed E-state index contributed by atoms with van der Waals surface area (Å²) in [6.07, 6.45) is 1.07. The van der Waals surface area contributed by atoms with Crippen LogP contribution in [0.15, 0.2) is 47.5 Å². The van der Waals surface area contributed by atoms with E-state index in [0.717, 1.165) is 43.1 Å². The van der Waals surface area contributed by atoms with Crippen molar-refractivity contribution < 1.29 is 18.3 Å². The van der Waals surface area contributed by atoms with Crippen LogP contribution in [-0.2, 0) is 6.54 Å². The molecule has 6 nitrogen and oxygen atoms in total.